The summed E-state index contributed by atoms with van der Waals surface area (Å²) in [6.07, 6.45) is 1.78. The minimum absolute atomic E-state index is 0.0221. The van der Waals surface area contributed by atoms with Crippen LogP contribution >= 0.6 is 0 Å². The number of piperazine rings is 1. The lowest BCUT2D eigenvalue weighted by atomic mass is 10.1. The number of phenols is 2. The number of phenolic OH excluding ortho intramolecular Hbond substituents is 2. The van der Waals surface area contributed by atoms with Gasteiger partial charge in [-0.25, -0.2) is 0 Å². The van der Waals surface area contributed by atoms with Crippen LogP contribution in [0.2, 0.25) is 0 Å². The second-order valence-corrected chi connectivity index (χ2v) is 9.37. The molecule has 0 spiro atoms. The minimum Gasteiger partial charge on any atom is -0.507 e. The first kappa shape index (κ1) is 23.9. The fraction of sp³-hybridized carbons (Fsp3) is 0.462. The zero-order chi connectivity index (χ0) is 24.4. The first-order valence-corrected chi connectivity index (χ1v) is 11.9. The van der Waals surface area contributed by atoms with Gasteiger partial charge in [-0.1, -0.05) is 19.4 Å². The lowest BCUT2D eigenvalue weighted by Crippen LogP contribution is -2.44. The van der Waals surface area contributed by atoms with Gasteiger partial charge in [0, 0.05) is 64.6 Å². The van der Waals surface area contributed by atoms with Crippen molar-refractivity contribution in [2.45, 2.75) is 32.9 Å². The second-order valence-electron chi connectivity index (χ2n) is 9.37. The number of fused-ring (bicyclic) bond motifs is 1. The third-order valence-electron chi connectivity index (χ3n) is 6.84. The van der Waals surface area contributed by atoms with Crippen LogP contribution in [0.4, 0.5) is 5.69 Å². The molecule has 1 fully saturated rings. The van der Waals surface area contributed by atoms with Gasteiger partial charge >= 0.3 is 0 Å². The SMILES string of the molecule is CCCCN(C)C(=O)c1cc(C(=O)N2Cc3ccc(N4CCN(C)CC4)cc3C2)c(O)cc1O. The molecular weight excluding hydrogens is 432 g/mol. The Labute approximate surface area is 201 Å². The van der Waals surface area contributed by atoms with Crippen LogP contribution in [-0.2, 0) is 13.1 Å². The van der Waals surface area contributed by atoms with Gasteiger partial charge in [0.25, 0.3) is 11.8 Å². The molecule has 1 saturated heterocycles. The van der Waals surface area contributed by atoms with Gasteiger partial charge in [0.2, 0.25) is 0 Å². The van der Waals surface area contributed by atoms with E-state index in [0.29, 0.717) is 19.6 Å². The largest absolute Gasteiger partial charge is 0.507 e. The Morgan fingerprint density at radius 3 is 2.32 bits per heavy atom. The summed E-state index contributed by atoms with van der Waals surface area (Å²) < 4.78 is 0. The smallest absolute Gasteiger partial charge is 0.258 e. The molecule has 2 aromatic rings. The maximum Gasteiger partial charge on any atom is 0.258 e. The topological polar surface area (TPSA) is 87.6 Å². The van der Waals surface area contributed by atoms with E-state index in [1.165, 1.54) is 11.0 Å². The molecule has 2 heterocycles. The van der Waals surface area contributed by atoms with Crippen LogP contribution in [0.3, 0.4) is 0 Å². The molecule has 2 amide bonds. The van der Waals surface area contributed by atoms with Crippen molar-refractivity contribution in [3.8, 4) is 11.5 Å². The molecule has 2 N–H and O–H groups in total. The fourth-order valence-electron chi connectivity index (χ4n) is 4.58. The average Bonchev–Trinajstić information content (AvgIpc) is 3.26. The zero-order valence-corrected chi connectivity index (χ0v) is 20.3. The maximum atomic E-state index is 13.3. The van der Waals surface area contributed by atoms with E-state index in [1.54, 1.807) is 11.9 Å². The number of benzene rings is 2. The predicted octanol–water partition coefficient (Wildman–Crippen LogP) is 2.88. The molecule has 0 saturated carbocycles. The number of likely N-dealkylation sites (N-methyl/N-ethyl adjacent to an activating group) is 1. The molecule has 2 aromatic carbocycles. The number of carbonyl (C=O) groups is 2. The van der Waals surface area contributed by atoms with Crippen LogP contribution in [0.1, 0.15) is 51.6 Å². The highest BCUT2D eigenvalue weighted by Crippen LogP contribution is 2.33. The van der Waals surface area contributed by atoms with Crippen molar-refractivity contribution in [1.29, 1.82) is 0 Å². The highest BCUT2D eigenvalue weighted by molar-refractivity contribution is 6.03. The van der Waals surface area contributed by atoms with Gasteiger partial charge in [-0.2, -0.15) is 0 Å². The molecule has 34 heavy (non-hydrogen) atoms. The molecule has 0 radical (unpaired) electrons. The van der Waals surface area contributed by atoms with Gasteiger partial charge in [0.05, 0.1) is 11.1 Å². The molecule has 8 nitrogen and oxygen atoms in total. The van der Waals surface area contributed by atoms with E-state index in [2.05, 4.69) is 35.0 Å². The van der Waals surface area contributed by atoms with E-state index in [9.17, 15) is 19.8 Å². The van der Waals surface area contributed by atoms with Crippen molar-refractivity contribution < 1.29 is 19.8 Å². The molecule has 0 aliphatic carbocycles. The van der Waals surface area contributed by atoms with Crippen LogP contribution in [0.5, 0.6) is 11.5 Å². The van der Waals surface area contributed by atoms with E-state index in [1.807, 2.05) is 6.92 Å². The standard InChI is InChI=1S/C26H34N4O4/c1-4-5-8-28(3)25(33)21-14-22(24(32)15-23(21)31)26(34)30-16-18-6-7-20(13-19(18)17-30)29-11-9-27(2)10-12-29/h6-7,13-15,31-32H,4-5,8-12,16-17H2,1-3H3. The Balaban J connectivity index is 1.51. The highest BCUT2D eigenvalue weighted by Gasteiger charge is 2.29. The Kier molecular flexibility index (Phi) is 6.97. The number of anilines is 1. The summed E-state index contributed by atoms with van der Waals surface area (Å²) in [5, 5.41) is 20.7. The molecule has 0 atom stereocenters. The normalized spacial score (nSPS) is 16.0. The highest BCUT2D eigenvalue weighted by atomic mass is 16.3. The van der Waals surface area contributed by atoms with Gasteiger partial charge in [0.1, 0.15) is 11.5 Å². The number of hydrogen-bond acceptors (Lipinski definition) is 6. The monoisotopic (exact) mass is 466 g/mol. The van der Waals surface area contributed by atoms with Gasteiger partial charge in [0.15, 0.2) is 0 Å². The van der Waals surface area contributed by atoms with E-state index < -0.39 is 0 Å². The molecular formula is C26H34N4O4. The number of nitrogens with zero attached hydrogens (tertiary/aromatic N) is 4. The molecule has 0 bridgehead atoms. The first-order valence-electron chi connectivity index (χ1n) is 11.9. The van der Waals surface area contributed by atoms with Gasteiger partial charge in [-0.15, -0.1) is 0 Å². The summed E-state index contributed by atoms with van der Waals surface area (Å²) >= 11 is 0. The average molecular weight is 467 g/mol. The van der Waals surface area contributed by atoms with Gasteiger partial charge in [-0.05, 0) is 42.8 Å². The molecule has 182 valence electrons. The summed E-state index contributed by atoms with van der Waals surface area (Å²) in [4.78, 5) is 34.0. The molecule has 8 heteroatoms. The van der Waals surface area contributed by atoms with Crippen molar-refractivity contribution >= 4 is 17.5 Å². The Morgan fingerprint density at radius 1 is 0.941 bits per heavy atom. The zero-order valence-electron chi connectivity index (χ0n) is 20.3. The summed E-state index contributed by atoms with van der Waals surface area (Å²) in [5.74, 6) is -1.39. The number of unbranched alkanes of at least 4 members (excludes halogenated alkanes) is 1. The van der Waals surface area contributed by atoms with Crippen molar-refractivity contribution in [2.75, 3.05) is 51.7 Å². The van der Waals surface area contributed by atoms with E-state index >= 15 is 0 Å². The van der Waals surface area contributed by atoms with Crippen LogP contribution in [0.15, 0.2) is 30.3 Å². The van der Waals surface area contributed by atoms with Crippen molar-refractivity contribution in [3.05, 3.63) is 52.6 Å². The van der Waals surface area contributed by atoms with Crippen LogP contribution in [-0.4, -0.2) is 83.5 Å². The van der Waals surface area contributed by atoms with Crippen molar-refractivity contribution in [1.82, 2.24) is 14.7 Å². The summed E-state index contributed by atoms with van der Waals surface area (Å²) in [6.45, 7) is 7.47. The third kappa shape index (κ3) is 4.82. The quantitative estimate of drug-likeness (QED) is 0.681. The van der Waals surface area contributed by atoms with Crippen LogP contribution < -0.4 is 4.90 Å². The lowest BCUT2D eigenvalue weighted by Gasteiger charge is -2.34. The fourth-order valence-corrected chi connectivity index (χ4v) is 4.58. The number of amides is 2. The molecule has 0 aromatic heterocycles. The lowest BCUT2D eigenvalue weighted by molar-refractivity contribution is 0.0748. The second kappa shape index (κ2) is 9.93. The number of rotatable bonds is 6. The number of carbonyl (C=O) groups excluding carboxylic acids is 2. The van der Waals surface area contributed by atoms with E-state index in [-0.39, 0.29) is 34.4 Å². The summed E-state index contributed by atoms with van der Waals surface area (Å²) in [5.41, 5.74) is 3.39. The molecule has 2 aliphatic heterocycles. The Bertz CT molecular complexity index is 1080. The van der Waals surface area contributed by atoms with Gasteiger partial charge in [-0.3, -0.25) is 9.59 Å². The van der Waals surface area contributed by atoms with Crippen LogP contribution in [0, 0.1) is 0 Å². The maximum absolute atomic E-state index is 13.3. The Morgan fingerprint density at radius 2 is 1.62 bits per heavy atom. The first-order chi connectivity index (χ1) is 16.3. The van der Waals surface area contributed by atoms with Crippen molar-refractivity contribution in [2.24, 2.45) is 0 Å². The Hall–Kier alpha value is -3.26. The minimum atomic E-state index is -0.374. The summed E-state index contributed by atoms with van der Waals surface area (Å²) in [7, 11) is 3.80. The van der Waals surface area contributed by atoms with E-state index in [4.69, 9.17) is 0 Å². The van der Waals surface area contributed by atoms with Crippen LogP contribution in [0.25, 0.3) is 0 Å². The molecule has 0 unspecified atom stereocenters. The van der Waals surface area contributed by atoms with Gasteiger partial charge < -0.3 is 29.8 Å². The predicted molar refractivity (Wildman–Crippen MR) is 131 cm³/mol. The van der Waals surface area contributed by atoms with Crippen molar-refractivity contribution in [3.63, 3.8) is 0 Å². The van der Waals surface area contributed by atoms with E-state index in [0.717, 1.165) is 61.9 Å². The summed E-state index contributed by atoms with van der Waals surface area (Å²) in [6, 6.07) is 8.74. The number of hydrogen-bond donors (Lipinski definition) is 2. The molecule has 2 aliphatic rings. The number of aromatic hydroxyl groups is 2. The third-order valence-corrected chi connectivity index (χ3v) is 6.84. The molecule has 4 rings (SSSR count).